The van der Waals surface area contributed by atoms with Crippen molar-refractivity contribution in [2.75, 3.05) is 13.2 Å². The fraction of sp³-hybridized carbons (Fsp3) is 0.319. The Balaban J connectivity index is 0.000000290. The highest BCUT2D eigenvalue weighted by Crippen LogP contribution is 2.41. The Morgan fingerprint density at radius 3 is 1.22 bits per heavy atom. The molecule has 3 amide bonds. The minimum Gasteiger partial charge on any atom is -0.355 e. The van der Waals surface area contributed by atoms with Gasteiger partial charge in [0, 0.05) is 13.0 Å². The van der Waals surface area contributed by atoms with Gasteiger partial charge < -0.3 is 16.0 Å². The van der Waals surface area contributed by atoms with Crippen LogP contribution in [0.2, 0.25) is 0 Å². The zero-order chi connectivity index (χ0) is 39.4. The van der Waals surface area contributed by atoms with Crippen LogP contribution < -0.4 is 16.0 Å². The lowest BCUT2D eigenvalue weighted by Crippen LogP contribution is -2.51. The van der Waals surface area contributed by atoms with E-state index in [1.165, 1.54) is 0 Å². The van der Waals surface area contributed by atoms with Crippen LogP contribution in [-0.4, -0.2) is 36.7 Å². The second-order valence-corrected chi connectivity index (χ2v) is 13.4. The molecule has 7 heteroatoms. The molecule has 7 nitrogen and oxygen atoms in total. The lowest BCUT2D eigenvalue weighted by Gasteiger charge is -2.37. The van der Waals surface area contributed by atoms with E-state index in [9.17, 15) is 19.2 Å². The molecule has 0 saturated carbocycles. The average molecular weight is 724 g/mol. The highest BCUT2D eigenvalue weighted by Gasteiger charge is 2.45. The monoisotopic (exact) mass is 723 g/mol. The van der Waals surface area contributed by atoms with E-state index in [2.05, 4.69) is 53.5 Å². The molecule has 0 heterocycles. The van der Waals surface area contributed by atoms with Crippen LogP contribution in [0.25, 0.3) is 0 Å². The largest absolute Gasteiger partial charge is 0.355 e. The van der Waals surface area contributed by atoms with Gasteiger partial charge in [0.25, 0.3) is 0 Å². The summed E-state index contributed by atoms with van der Waals surface area (Å²) in [5, 5.41) is 8.38. The third-order valence-electron chi connectivity index (χ3n) is 9.51. The molecule has 0 spiro atoms. The second-order valence-electron chi connectivity index (χ2n) is 13.4. The number of ketones is 1. The van der Waals surface area contributed by atoms with Gasteiger partial charge >= 0.3 is 0 Å². The average Bonchev–Trinajstić information content (AvgIpc) is 3.18. The molecule has 0 aliphatic heterocycles. The molecule has 4 aromatic rings. The predicted octanol–water partition coefficient (Wildman–Crippen LogP) is 7.35. The Morgan fingerprint density at radius 2 is 0.870 bits per heavy atom. The Bertz CT molecular complexity index is 1700. The first kappa shape index (κ1) is 42.5. The molecule has 0 aromatic heterocycles. The molecule has 280 valence electrons. The summed E-state index contributed by atoms with van der Waals surface area (Å²) in [6, 6.07) is 39.4. The molecule has 0 saturated heterocycles. The molecule has 0 aliphatic rings. The Morgan fingerprint density at radius 1 is 0.519 bits per heavy atom. The molecule has 4 aromatic carbocycles. The number of Topliss-reactive ketones (excluding diaryl/α,β-unsaturated/α-hetero) is 1. The number of benzene rings is 4. The Kier molecular flexibility index (Phi) is 17.0. The summed E-state index contributed by atoms with van der Waals surface area (Å²) in [6.45, 7) is 12.0. The van der Waals surface area contributed by atoms with E-state index in [-0.39, 0.29) is 61.3 Å². The van der Waals surface area contributed by atoms with Crippen molar-refractivity contribution >= 4 is 23.5 Å². The standard InChI is InChI=1S/C24H27NO2.C23H26N2O2/c1-4-5-16-23(27)25-18-17-22(26)24(19(2)3,20-12-8-6-9-13-20)21-14-10-7-11-15-21;1-4-5-16-21(26)24-17-25-22(27)23(18(2)3,19-12-8-6-9-13-19)20-14-10-7-11-15-20/h6-15,19H,16-18H2,1-3H3,(H,25,27);6-15,18H,16-17H2,1-3H3,(H,24,26)(H,25,27). The lowest BCUT2D eigenvalue weighted by molar-refractivity contribution is -0.127. The summed E-state index contributed by atoms with van der Waals surface area (Å²) >= 11 is 0. The molecule has 0 radical (unpaired) electrons. The minimum atomic E-state index is -0.851. The van der Waals surface area contributed by atoms with E-state index in [1.807, 2.05) is 135 Å². The maximum Gasteiger partial charge on any atom is 0.236 e. The number of rotatable bonds is 15. The molecule has 4 rings (SSSR count). The smallest absolute Gasteiger partial charge is 0.236 e. The maximum absolute atomic E-state index is 13.5. The molecule has 0 aliphatic carbocycles. The Labute approximate surface area is 321 Å². The van der Waals surface area contributed by atoms with Gasteiger partial charge in [-0.2, -0.15) is 0 Å². The van der Waals surface area contributed by atoms with Crippen molar-refractivity contribution in [3.05, 3.63) is 144 Å². The number of carbonyl (C=O) groups excluding carboxylic acids is 4. The molecule has 0 bridgehead atoms. The predicted molar refractivity (Wildman–Crippen MR) is 217 cm³/mol. The number of hydrogen-bond donors (Lipinski definition) is 3. The number of nitrogens with one attached hydrogen (secondary N) is 3. The van der Waals surface area contributed by atoms with E-state index in [0.29, 0.717) is 6.54 Å². The van der Waals surface area contributed by atoms with Crippen LogP contribution in [0.3, 0.4) is 0 Å². The fourth-order valence-electron chi connectivity index (χ4n) is 6.98. The van der Waals surface area contributed by atoms with Crippen LogP contribution in [-0.2, 0) is 30.0 Å². The zero-order valence-electron chi connectivity index (χ0n) is 32.4. The van der Waals surface area contributed by atoms with Crippen LogP contribution in [0.1, 0.15) is 83.1 Å². The summed E-state index contributed by atoms with van der Waals surface area (Å²) in [6.07, 6.45) is 0.559. The Hall–Kier alpha value is -5.92. The van der Waals surface area contributed by atoms with Gasteiger partial charge in [0.05, 0.1) is 24.9 Å². The highest BCUT2D eigenvalue weighted by atomic mass is 16.2. The zero-order valence-corrected chi connectivity index (χ0v) is 32.4. The molecular weight excluding hydrogens is 671 g/mol. The molecule has 54 heavy (non-hydrogen) atoms. The highest BCUT2D eigenvalue weighted by molar-refractivity contribution is 5.95. The maximum atomic E-state index is 13.5. The van der Waals surface area contributed by atoms with Crippen molar-refractivity contribution in [2.24, 2.45) is 11.8 Å². The fourth-order valence-corrected chi connectivity index (χ4v) is 6.98. The van der Waals surface area contributed by atoms with Crippen LogP contribution in [0, 0.1) is 35.5 Å². The van der Waals surface area contributed by atoms with Crippen molar-refractivity contribution in [3.63, 3.8) is 0 Å². The van der Waals surface area contributed by atoms with Crippen LogP contribution in [0.5, 0.6) is 0 Å². The van der Waals surface area contributed by atoms with E-state index < -0.39 is 10.8 Å². The first-order valence-corrected chi connectivity index (χ1v) is 18.4. The van der Waals surface area contributed by atoms with Crippen molar-refractivity contribution in [3.8, 4) is 23.7 Å². The van der Waals surface area contributed by atoms with Gasteiger partial charge in [0.1, 0.15) is 11.2 Å². The number of amides is 3. The van der Waals surface area contributed by atoms with Gasteiger partial charge in [-0.25, -0.2) is 0 Å². The quantitative estimate of drug-likeness (QED) is 0.0882. The molecule has 3 N–H and O–H groups in total. The van der Waals surface area contributed by atoms with Gasteiger partial charge in [-0.15, -0.1) is 11.8 Å². The summed E-state index contributed by atoms with van der Waals surface area (Å²) in [4.78, 5) is 50.5. The van der Waals surface area contributed by atoms with E-state index >= 15 is 0 Å². The number of carbonyl (C=O) groups is 4. The summed E-state index contributed by atoms with van der Waals surface area (Å²) in [5.74, 6) is 10.5. The van der Waals surface area contributed by atoms with Crippen LogP contribution in [0.15, 0.2) is 121 Å². The summed E-state index contributed by atoms with van der Waals surface area (Å²) in [7, 11) is 0. The first-order chi connectivity index (χ1) is 26.1. The van der Waals surface area contributed by atoms with Gasteiger partial charge in [-0.05, 0) is 47.9 Å². The third-order valence-corrected chi connectivity index (χ3v) is 9.51. The van der Waals surface area contributed by atoms with E-state index in [4.69, 9.17) is 0 Å². The number of hydrogen-bond acceptors (Lipinski definition) is 4. The SMILES string of the molecule is CC#CCC(=O)NCCC(=O)C(c1ccccc1)(c1ccccc1)C(C)C.CC#CCC(=O)NCNC(=O)C(c1ccccc1)(c1ccccc1)C(C)C. The molecule has 0 atom stereocenters. The van der Waals surface area contributed by atoms with Crippen molar-refractivity contribution in [1.29, 1.82) is 0 Å². The van der Waals surface area contributed by atoms with E-state index in [0.717, 1.165) is 22.3 Å². The molecule has 0 fully saturated rings. The third kappa shape index (κ3) is 10.6. The first-order valence-electron chi connectivity index (χ1n) is 18.4. The van der Waals surface area contributed by atoms with Crippen LogP contribution in [0.4, 0.5) is 0 Å². The second kappa shape index (κ2) is 21.6. The van der Waals surface area contributed by atoms with Gasteiger partial charge in [-0.1, -0.05) is 161 Å². The topological polar surface area (TPSA) is 104 Å². The van der Waals surface area contributed by atoms with Gasteiger partial charge in [-0.3, -0.25) is 19.2 Å². The molecular formula is C47H53N3O4. The van der Waals surface area contributed by atoms with Crippen molar-refractivity contribution in [1.82, 2.24) is 16.0 Å². The van der Waals surface area contributed by atoms with Crippen molar-refractivity contribution in [2.45, 2.75) is 71.6 Å². The summed E-state index contributed by atoms with van der Waals surface area (Å²) in [5.41, 5.74) is 2.23. The normalized spacial score (nSPS) is 10.7. The van der Waals surface area contributed by atoms with Gasteiger partial charge in [0.15, 0.2) is 0 Å². The lowest BCUT2D eigenvalue weighted by atomic mass is 9.63. The minimum absolute atomic E-state index is 0.00367. The summed E-state index contributed by atoms with van der Waals surface area (Å²) < 4.78 is 0. The van der Waals surface area contributed by atoms with E-state index in [1.54, 1.807) is 13.8 Å². The van der Waals surface area contributed by atoms with Crippen LogP contribution >= 0.6 is 0 Å². The van der Waals surface area contributed by atoms with Crippen molar-refractivity contribution < 1.29 is 19.2 Å². The molecule has 0 unspecified atom stereocenters. The van der Waals surface area contributed by atoms with Gasteiger partial charge in [0.2, 0.25) is 17.7 Å².